The van der Waals surface area contributed by atoms with Crippen molar-refractivity contribution in [3.63, 3.8) is 0 Å². The van der Waals surface area contributed by atoms with E-state index in [1.54, 1.807) is 13.1 Å². The molecule has 0 fully saturated rings. The number of fused-ring (bicyclic) bond motifs is 1. The molecule has 15 heavy (non-hydrogen) atoms. The van der Waals surface area contributed by atoms with E-state index >= 15 is 0 Å². The molecule has 0 amide bonds. The fourth-order valence-electron chi connectivity index (χ4n) is 1.66. The summed E-state index contributed by atoms with van der Waals surface area (Å²) in [5, 5.41) is 0.370. The molecule has 0 aliphatic rings. The van der Waals surface area contributed by atoms with Gasteiger partial charge in [-0.15, -0.1) is 0 Å². The largest absolute Gasteiger partial charge is 0.361 e. The number of hydrogen-bond donors (Lipinski definition) is 1. The Morgan fingerprint density at radius 3 is 2.73 bits per heavy atom. The minimum atomic E-state index is -3.29. The number of aromatic amines is 1. The van der Waals surface area contributed by atoms with E-state index in [1.807, 2.05) is 24.3 Å². The Kier molecular flexibility index (Phi) is 2.31. The summed E-state index contributed by atoms with van der Waals surface area (Å²) in [6.45, 7) is 1.66. The smallest absolute Gasteiger partial charge is 0.158 e. The van der Waals surface area contributed by atoms with Crippen molar-refractivity contribution in [1.82, 2.24) is 4.98 Å². The highest BCUT2D eigenvalue weighted by molar-refractivity contribution is 7.92. The number of H-pyrrole nitrogens is 1. The highest BCUT2D eigenvalue weighted by Crippen LogP contribution is 2.28. The first-order valence-electron chi connectivity index (χ1n) is 4.63. The van der Waals surface area contributed by atoms with Gasteiger partial charge < -0.3 is 4.98 Å². The van der Waals surface area contributed by atoms with Crippen molar-refractivity contribution in [1.29, 1.82) is 0 Å². The van der Waals surface area contributed by atoms with E-state index in [0.717, 1.165) is 16.5 Å². The van der Waals surface area contributed by atoms with Crippen LogP contribution >= 0.6 is 0 Å². The highest BCUT2D eigenvalue weighted by Gasteiger charge is 2.19. The standard InChI is InChI=1S/C11H12NO2S/c1-8(15(2,13)14)9-4-3-5-11-10(9)6-7-12-11/h3-8,12H,2H2,1H3. The molecule has 0 saturated heterocycles. The fourth-order valence-corrected chi connectivity index (χ4v) is 2.25. The molecule has 1 atom stereocenters. The van der Waals surface area contributed by atoms with Crippen LogP contribution in [-0.2, 0) is 9.84 Å². The van der Waals surface area contributed by atoms with Gasteiger partial charge in [-0.1, -0.05) is 12.1 Å². The predicted octanol–water partition coefficient (Wildman–Crippen LogP) is 2.44. The summed E-state index contributed by atoms with van der Waals surface area (Å²) in [6, 6.07) is 7.47. The van der Waals surface area contributed by atoms with Crippen molar-refractivity contribution in [2.45, 2.75) is 12.2 Å². The van der Waals surface area contributed by atoms with Gasteiger partial charge in [0.15, 0.2) is 9.84 Å². The third kappa shape index (κ3) is 1.77. The van der Waals surface area contributed by atoms with Gasteiger partial charge in [0.1, 0.15) is 0 Å². The number of hydrogen-bond acceptors (Lipinski definition) is 2. The van der Waals surface area contributed by atoms with Crippen LogP contribution < -0.4 is 0 Å². The van der Waals surface area contributed by atoms with Crippen LogP contribution in [0.25, 0.3) is 10.9 Å². The molecule has 0 aliphatic heterocycles. The molecular weight excluding hydrogens is 210 g/mol. The molecule has 0 bridgehead atoms. The normalized spacial score (nSPS) is 14.3. The van der Waals surface area contributed by atoms with Crippen LogP contribution in [-0.4, -0.2) is 13.4 Å². The average Bonchev–Trinajstić information content (AvgIpc) is 2.62. The molecule has 0 saturated carbocycles. The van der Waals surface area contributed by atoms with Gasteiger partial charge in [-0.05, 0) is 24.6 Å². The van der Waals surface area contributed by atoms with E-state index in [1.165, 1.54) is 0 Å². The first kappa shape index (κ1) is 10.2. The van der Waals surface area contributed by atoms with E-state index in [-0.39, 0.29) is 0 Å². The second-order valence-electron chi connectivity index (χ2n) is 3.59. The number of rotatable bonds is 2. The number of nitrogens with one attached hydrogen (secondary N) is 1. The predicted molar refractivity (Wildman–Crippen MR) is 61.0 cm³/mol. The Morgan fingerprint density at radius 2 is 2.07 bits per heavy atom. The summed E-state index contributed by atoms with van der Waals surface area (Å²) in [7, 11) is -3.29. The average molecular weight is 222 g/mol. The minimum absolute atomic E-state index is 0.572. The summed E-state index contributed by atoms with van der Waals surface area (Å²) >= 11 is 0. The molecule has 1 radical (unpaired) electrons. The maximum atomic E-state index is 11.4. The van der Waals surface area contributed by atoms with Crippen molar-refractivity contribution in [2.75, 3.05) is 0 Å². The fraction of sp³-hybridized carbons (Fsp3) is 0.182. The monoisotopic (exact) mass is 222 g/mol. The summed E-state index contributed by atoms with van der Waals surface area (Å²) in [5.41, 5.74) is 1.74. The summed E-state index contributed by atoms with van der Waals surface area (Å²) in [5.74, 6) is 0. The van der Waals surface area contributed by atoms with E-state index in [9.17, 15) is 8.42 Å². The van der Waals surface area contributed by atoms with Gasteiger partial charge in [-0.2, -0.15) is 0 Å². The lowest BCUT2D eigenvalue weighted by molar-refractivity contribution is 0.595. The molecule has 79 valence electrons. The summed E-state index contributed by atoms with van der Waals surface area (Å²) < 4.78 is 22.8. The number of sulfone groups is 1. The third-order valence-corrected chi connectivity index (χ3v) is 3.94. The van der Waals surface area contributed by atoms with E-state index < -0.39 is 15.1 Å². The highest BCUT2D eigenvalue weighted by atomic mass is 32.2. The van der Waals surface area contributed by atoms with Crippen LogP contribution in [0.2, 0.25) is 0 Å². The zero-order valence-corrected chi connectivity index (χ0v) is 9.21. The van der Waals surface area contributed by atoms with Crippen molar-refractivity contribution in [3.8, 4) is 0 Å². The third-order valence-electron chi connectivity index (χ3n) is 2.61. The van der Waals surface area contributed by atoms with Gasteiger partial charge in [0, 0.05) is 17.1 Å². The lowest BCUT2D eigenvalue weighted by Crippen LogP contribution is -2.05. The van der Waals surface area contributed by atoms with Crippen LogP contribution in [0.15, 0.2) is 30.5 Å². The van der Waals surface area contributed by atoms with Crippen LogP contribution in [0.1, 0.15) is 17.7 Å². The van der Waals surface area contributed by atoms with Crippen molar-refractivity contribution in [2.24, 2.45) is 0 Å². The van der Waals surface area contributed by atoms with E-state index in [4.69, 9.17) is 0 Å². The van der Waals surface area contributed by atoms with Gasteiger partial charge >= 0.3 is 0 Å². The van der Waals surface area contributed by atoms with Crippen LogP contribution in [0, 0.1) is 6.26 Å². The zero-order chi connectivity index (χ0) is 11.1. The molecule has 2 aromatic rings. The Bertz CT molecular complexity index is 583. The topological polar surface area (TPSA) is 49.9 Å². The molecular formula is C11H12NO2S. The molecule has 1 aromatic carbocycles. The van der Waals surface area contributed by atoms with Crippen molar-refractivity contribution >= 4 is 20.7 Å². The summed E-state index contributed by atoms with van der Waals surface area (Å²) in [6.07, 6.45) is 5.00. The first-order valence-corrected chi connectivity index (χ1v) is 6.34. The van der Waals surface area contributed by atoms with Gasteiger partial charge in [-0.3, -0.25) is 0 Å². The van der Waals surface area contributed by atoms with Crippen LogP contribution in [0.5, 0.6) is 0 Å². The lowest BCUT2D eigenvalue weighted by Gasteiger charge is -2.10. The second kappa shape index (κ2) is 3.38. The SMILES string of the molecule is [CH2]S(=O)(=O)C(C)c1cccc2[nH]ccc12. The molecule has 1 heterocycles. The number of benzene rings is 1. The molecule has 0 aliphatic carbocycles. The zero-order valence-electron chi connectivity index (χ0n) is 8.40. The van der Waals surface area contributed by atoms with Crippen molar-refractivity contribution < 1.29 is 8.42 Å². The maximum absolute atomic E-state index is 11.4. The minimum Gasteiger partial charge on any atom is -0.361 e. The Hall–Kier alpha value is -1.29. The van der Waals surface area contributed by atoms with Gasteiger partial charge in [0.25, 0.3) is 0 Å². The Morgan fingerprint density at radius 1 is 1.33 bits per heavy atom. The second-order valence-corrected chi connectivity index (χ2v) is 5.62. The summed E-state index contributed by atoms with van der Waals surface area (Å²) in [4.78, 5) is 3.05. The Balaban J connectivity index is 2.66. The molecule has 2 rings (SSSR count). The van der Waals surface area contributed by atoms with Crippen LogP contribution in [0.4, 0.5) is 0 Å². The number of aromatic nitrogens is 1. The first-order chi connectivity index (χ1) is 7.00. The maximum Gasteiger partial charge on any atom is 0.158 e. The van der Waals surface area contributed by atoms with E-state index in [2.05, 4.69) is 11.2 Å². The van der Waals surface area contributed by atoms with Gasteiger partial charge in [0.05, 0.1) is 11.5 Å². The molecule has 4 heteroatoms. The molecule has 3 nitrogen and oxygen atoms in total. The quantitative estimate of drug-likeness (QED) is 0.848. The van der Waals surface area contributed by atoms with Gasteiger partial charge in [-0.25, -0.2) is 8.42 Å². The Labute approximate surface area is 89.0 Å². The van der Waals surface area contributed by atoms with E-state index in [0.29, 0.717) is 0 Å². The molecule has 1 aromatic heterocycles. The molecule has 1 N–H and O–H groups in total. The molecule has 1 unspecified atom stereocenters. The van der Waals surface area contributed by atoms with Gasteiger partial charge in [0.2, 0.25) is 0 Å². The van der Waals surface area contributed by atoms with Crippen molar-refractivity contribution in [3.05, 3.63) is 42.3 Å². The molecule has 0 spiro atoms. The lowest BCUT2D eigenvalue weighted by atomic mass is 10.1. The van der Waals surface area contributed by atoms with Crippen LogP contribution in [0.3, 0.4) is 0 Å².